The number of carboxylic acids is 1. The van der Waals surface area contributed by atoms with Crippen molar-refractivity contribution in [2.75, 3.05) is 0 Å². The van der Waals surface area contributed by atoms with Crippen molar-refractivity contribution in [2.45, 2.75) is 13.8 Å². The molecule has 7 heteroatoms. The SMILES string of the molecule is CC(=O)Oc1cnc(C(=O)O)cc1OC(C)=O. The van der Waals surface area contributed by atoms with Crippen LogP contribution in [0.15, 0.2) is 12.3 Å². The molecule has 1 rings (SSSR count). The van der Waals surface area contributed by atoms with Crippen molar-refractivity contribution in [1.82, 2.24) is 4.98 Å². The number of hydrogen-bond acceptors (Lipinski definition) is 6. The molecule has 0 saturated heterocycles. The molecule has 0 aromatic carbocycles. The lowest BCUT2D eigenvalue weighted by Crippen LogP contribution is -2.09. The van der Waals surface area contributed by atoms with Crippen LogP contribution >= 0.6 is 0 Å². The first-order valence-corrected chi connectivity index (χ1v) is 4.50. The lowest BCUT2D eigenvalue weighted by atomic mass is 10.3. The molecule has 0 aliphatic rings. The maximum Gasteiger partial charge on any atom is 0.354 e. The lowest BCUT2D eigenvalue weighted by Gasteiger charge is -2.08. The Hall–Kier alpha value is -2.44. The highest BCUT2D eigenvalue weighted by atomic mass is 16.6. The zero-order valence-corrected chi connectivity index (χ0v) is 9.09. The molecule has 0 atom stereocenters. The van der Waals surface area contributed by atoms with Crippen LogP contribution in [0.1, 0.15) is 24.3 Å². The number of pyridine rings is 1. The molecule has 1 aromatic rings. The quantitative estimate of drug-likeness (QED) is 0.771. The second-order valence-corrected chi connectivity index (χ2v) is 3.01. The summed E-state index contributed by atoms with van der Waals surface area (Å²) in [6.45, 7) is 2.29. The Morgan fingerprint density at radius 1 is 1.12 bits per heavy atom. The molecule has 0 bridgehead atoms. The molecule has 1 aromatic heterocycles. The van der Waals surface area contributed by atoms with Gasteiger partial charge in [-0.2, -0.15) is 0 Å². The molecular formula is C10H9NO6. The average molecular weight is 239 g/mol. The minimum atomic E-state index is -1.28. The van der Waals surface area contributed by atoms with Crippen molar-refractivity contribution in [1.29, 1.82) is 0 Å². The van der Waals surface area contributed by atoms with Crippen molar-refractivity contribution in [3.05, 3.63) is 18.0 Å². The summed E-state index contributed by atoms with van der Waals surface area (Å²) in [4.78, 5) is 35.8. The van der Waals surface area contributed by atoms with Gasteiger partial charge in [0.2, 0.25) is 0 Å². The van der Waals surface area contributed by atoms with Crippen molar-refractivity contribution < 1.29 is 29.0 Å². The molecular weight excluding hydrogens is 230 g/mol. The Kier molecular flexibility index (Phi) is 3.76. The molecule has 0 amide bonds. The number of aromatic carboxylic acids is 1. The number of nitrogens with zero attached hydrogens (tertiary/aromatic N) is 1. The van der Waals surface area contributed by atoms with E-state index in [1.54, 1.807) is 0 Å². The molecule has 17 heavy (non-hydrogen) atoms. The van der Waals surface area contributed by atoms with Gasteiger partial charge in [-0.15, -0.1) is 0 Å². The van der Waals surface area contributed by atoms with Crippen molar-refractivity contribution in [3.8, 4) is 11.5 Å². The minimum absolute atomic E-state index is 0.113. The van der Waals surface area contributed by atoms with Gasteiger partial charge in [0.15, 0.2) is 17.2 Å². The van der Waals surface area contributed by atoms with E-state index in [2.05, 4.69) is 4.98 Å². The molecule has 90 valence electrons. The number of carboxylic acid groups (broad SMARTS) is 1. The van der Waals surface area contributed by atoms with E-state index < -0.39 is 17.9 Å². The van der Waals surface area contributed by atoms with E-state index in [9.17, 15) is 14.4 Å². The summed E-state index contributed by atoms with van der Waals surface area (Å²) in [6.07, 6.45) is 1.00. The summed E-state index contributed by atoms with van der Waals surface area (Å²) in [5, 5.41) is 8.71. The predicted molar refractivity (Wildman–Crippen MR) is 53.8 cm³/mol. The minimum Gasteiger partial charge on any atom is -0.477 e. The molecule has 0 spiro atoms. The van der Waals surface area contributed by atoms with Crippen LogP contribution in [0.3, 0.4) is 0 Å². The van der Waals surface area contributed by atoms with E-state index in [1.807, 2.05) is 0 Å². The Labute approximate surface area is 96.0 Å². The Morgan fingerprint density at radius 3 is 2.12 bits per heavy atom. The van der Waals surface area contributed by atoms with E-state index in [-0.39, 0.29) is 17.2 Å². The third kappa shape index (κ3) is 3.56. The second-order valence-electron chi connectivity index (χ2n) is 3.01. The summed E-state index contributed by atoms with van der Waals surface area (Å²) in [5.74, 6) is -2.87. The van der Waals surface area contributed by atoms with Crippen LogP contribution in [-0.2, 0) is 9.59 Å². The fraction of sp³-hybridized carbons (Fsp3) is 0.200. The topological polar surface area (TPSA) is 103 Å². The smallest absolute Gasteiger partial charge is 0.354 e. The summed E-state index contributed by atoms with van der Waals surface area (Å²) >= 11 is 0. The summed E-state index contributed by atoms with van der Waals surface area (Å²) in [6, 6.07) is 1.00. The fourth-order valence-electron chi connectivity index (χ4n) is 1.01. The Balaban J connectivity index is 3.15. The zero-order valence-electron chi connectivity index (χ0n) is 9.09. The van der Waals surface area contributed by atoms with Crippen molar-refractivity contribution in [3.63, 3.8) is 0 Å². The first-order chi connectivity index (χ1) is 7.90. The molecule has 1 heterocycles. The normalized spacial score (nSPS) is 9.53. The highest BCUT2D eigenvalue weighted by Crippen LogP contribution is 2.27. The van der Waals surface area contributed by atoms with Crippen LogP contribution in [0.5, 0.6) is 11.5 Å². The van der Waals surface area contributed by atoms with Crippen LogP contribution in [0.4, 0.5) is 0 Å². The number of aromatic nitrogens is 1. The highest BCUT2D eigenvalue weighted by molar-refractivity contribution is 5.86. The fourth-order valence-corrected chi connectivity index (χ4v) is 1.01. The molecule has 0 fully saturated rings. The van der Waals surface area contributed by atoms with Crippen LogP contribution in [0.25, 0.3) is 0 Å². The summed E-state index contributed by atoms with van der Waals surface area (Å²) in [5.41, 5.74) is -0.322. The van der Waals surface area contributed by atoms with E-state index in [4.69, 9.17) is 14.6 Å². The maximum absolute atomic E-state index is 10.8. The van der Waals surface area contributed by atoms with E-state index >= 15 is 0 Å². The molecule has 0 unspecified atom stereocenters. The number of hydrogen-bond donors (Lipinski definition) is 1. The van der Waals surface area contributed by atoms with Gasteiger partial charge < -0.3 is 14.6 Å². The number of carbonyl (C=O) groups is 3. The van der Waals surface area contributed by atoms with Gasteiger partial charge in [0.1, 0.15) is 0 Å². The molecule has 0 aliphatic heterocycles. The van der Waals surface area contributed by atoms with Crippen LogP contribution in [0.2, 0.25) is 0 Å². The summed E-state index contributed by atoms with van der Waals surface area (Å²) in [7, 11) is 0. The van der Waals surface area contributed by atoms with Gasteiger partial charge in [0.05, 0.1) is 6.20 Å². The van der Waals surface area contributed by atoms with Gasteiger partial charge in [0.25, 0.3) is 0 Å². The van der Waals surface area contributed by atoms with E-state index in [0.29, 0.717) is 0 Å². The monoisotopic (exact) mass is 239 g/mol. The van der Waals surface area contributed by atoms with Gasteiger partial charge in [-0.3, -0.25) is 9.59 Å². The van der Waals surface area contributed by atoms with Crippen LogP contribution in [0, 0.1) is 0 Å². The third-order valence-electron chi connectivity index (χ3n) is 1.56. The van der Waals surface area contributed by atoms with Gasteiger partial charge >= 0.3 is 17.9 Å². The maximum atomic E-state index is 10.8. The largest absolute Gasteiger partial charge is 0.477 e. The van der Waals surface area contributed by atoms with Gasteiger partial charge in [0, 0.05) is 19.9 Å². The predicted octanol–water partition coefficient (Wildman–Crippen LogP) is 0.630. The van der Waals surface area contributed by atoms with E-state index in [0.717, 1.165) is 26.1 Å². The van der Waals surface area contributed by atoms with Gasteiger partial charge in [-0.25, -0.2) is 9.78 Å². The van der Waals surface area contributed by atoms with Crippen LogP contribution in [-0.4, -0.2) is 28.0 Å². The van der Waals surface area contributed by atoms with Gasteiger partial charge in [-0.05, 0) is 0 Å². The molecule has 0 saturated carbocycles. The Bertz CT molecular complexity index is 482. The lowest BCUT2D eigenvalue weighted by molar-refractivity contribution is -0.134. The zero-order chi connectivity index (χ0) is 13.0. The number of carbonyl (C=O) groups excluding carboxylic acids is 2. The number of esters is 2. The molecule has 7 nitrogen and oxygen atoms in total. The molecule has 1 N–H and O–H groups in total. The van der Waals surface area contributed by atoms with Crippen LogP contribution < -0.4 is 9.47 Å². The Morgan fingerprint density at radius 2 is 1.65 bits per heavy atom. The van der Waals surface area contributed by atoms with E-state index in [1.165, 1.54) is 0 Å². The van der Waals surface area contributed by atoms with Crippen molar-refractivity contribution in [2.24, 2.45) is 0 Å². The molecule has 0 aliphatic carbocycles. The standard InChI is InChI=1S/C10H9NO6/c1-5(12)16-8-3-7(10(14)15)11-4-9(8)17-6(2)13/h3-4H,1-2H3,(H,14,15). The second kappa shape index (κ2) is 5.06. The van der Waals surface area contributed by atoms with Crippen molar-refractivity contribution >= 4 is 17.9 Å². The first kappa shape index (κ1) is 12.6. The van der Waals surface area contributed by atoms with Gasteiger partial charge in [-0.1, -0.05) is 0 Å². The first-order valence-electron chi connectivity index (χ1n) is 4.50. The molecule has 0 radical (unpaired) electrons. The number of ether oxygens (including phenoxy) is 2. The highest BCUT2D eigenvalue weighted by Gasteiger charge is 2.15. The number of rotatable bonds is 3. The third-order valence-corrected chi connectivity index (χ3v) is 1.56. The average Bonchev–Trinajstić information content (AvgIpc) is 2.18. The summed E-state index contributed by atoms with van der Waals surface area (Å²) < 4.78 is 9.43.